The van der Waals surface area contributed by atoms with Crippen molar-refractivity contribution in [1.82, 2.24) is 5.32 Å². The van der Waals surface area contributed by atoms with Crippen molar-refractivity contribution in [1.29, 1.82) is 0 Å². The summed E-state index contributed by atoms with van der Waals surface area (Å²) in [6, 6.07) is 6.56. The van der Waals surface area contributed by atoms with Gasteiger partial charge in [0.15, 0.2) is 5.78 Å². The van der Waals surface area contributed by atoms with E-state index in [1.165, 1.54) is 6.92 Å². The zero-order valence-electron chi connectivity index (χ0n) is 11.5. The number of ketones is 1. The summed E-state index contributed by atoms with van der Waals surface area (Å²) in [5, 5.41) is 5.52. The average molecular weight is 264 g/mol. The molecule has 104 valence electrons. The van der Waals surface area contributed by atoms with E-state index in [0.29, 0.717) is 17.9 Å². The van der Waals surface area contributed by atoms with Crippen molar-refractivity contribution in [2.45, 2.75) is 26.3 Å². The van der Waals surface area contributed by atoms with Crippen LogP contribution < -0.4 is 10.6 Å². The average Bonchev–Trinajstić information content (AvgIpc) is 2.36. The minimum absolute atomic E-state index is 0.00388. The van der Waals surface area contributed by atoms with Gasteiger partial charge in [0.2, 0.25) is 0 Å². The topological polar surface area (TPSA) is 67.4 Å². The van der Waals surface area contributed by atoms with Crippen molar-refractivity contribution < 1.29 is 14.3 Å². The fourth-order valence-electron chi connectivity index (χ4n) is 1.55. The van der Waals surface area contributed by atoms with Gasteiger partial charge in [0.05, 0.1) is 0 Å². The molecule has 0 bridgehead atoms. The molecule has 0 aliphatic rings. The largest absolute Gasteiger partial charge is 0.385 e. The molecule has 2 amide bonds. The lowest BCUT2D eigenvalue weighted by atomic mass is 10.1. The molecule has 1 aromatic carbocycles. The first-order valence-corrected chi connectivity index (χ1v) is 6.20. The van der Waals surface area contributed by atoms with Crippen LogP contribution >= 0.6 is 0 Å². The van der Waals surface area contributed by atoms with Crippen LogP contribution in [0.1, 0.15) is 30.6 Å². The Morgan fingerprint density at radius 3 is 2.42 bits per heavy atom. The summed E-state index contributed by atoms with van der Waals surface area (Å²) in [5.41, 5.74) is 1.28. The number of hydrogen-bond acceptors (Lipinski definition) is 3. The molecule has 0 saturated heterocycles. The lowest BCUT2D eigenvalue weighted by Crippen LogP contribution is -2.36. The van der Waals surface area contributed by atoms with Gasteiger partial charge in [-0.05, 0) is 44.5 Å². The number of nitrogens with one attached hydrogen (secondary N) is 2. The van der Waals surface area contributed by atoms with E-state index in [-0.39, 0.29) is 17.9 Å². The van der Waals surface area contributed by atoms with E-state index in [1.807, 2.05) is 6.92 Å². The van der Waals surface area contributed by atoms with E-state index in [4.69, 9.17) is 4.74 Å². The number of anilines is 1. The zero-order valence-corrected chi connectivity index (χ0v) is 11.5. The predicted octanol–water partition coefficient (Wildman–Crippen LogP) is 2.44. The molecule has 0 aliphatic carbocycles. The molecule has 0 spiro atoms. The second-order valence-corrected chi connectivity index (χ2v) is 4.41. The van der Waals surface area contributed by atoms with Gasteiger partial charge in [-0.1, -0.05) is 0 Å². The Labute approximate surface area is 113 Å². The number of benzene rings is 1. The first-order valence-electron chi connectivity index (χ1n) is 6.20. The van der Waals surface area contributed by atoms with Crippen molar-refractivity contribution in [3.8, 4) is 0 Å². The van der Waals surface area contributed by atoms with Crippen LogP contribution in [0.4, 0.5) is 10.5 Å². The second kappa shape index (κ2) is 7.53. The van der Waals surface area contributed by atoms with Crippen molar-refractivity contribution in [3.63, 3.8) is 0 Å². The fraction of sp³-hybridized carbons (Fsp3) is 0.429. The van der Waals surface area contributed by atoms with Gasteiger partial charge in [-0.3, -0.25) is 4.79 Å². The highest BCUT2D eigenvalue weighted by atomic mass is 16.5. The SMILES string of the molecule is COCCC(C)NC(=O)Nc1ccc(C(C)=O)cc1. The molecule has 0 heterocycles. The maximum Gasteiger partial charge on any atom is 0.319 e. The van der Waals surface area contributed by atoms with Crippen LogP contribution in [0.25, 0.3) is 0 Å². The normalized spacial score (nSPS) is 11.7. The summed E-state index contributed by atoms with van der Waals surface area (Å²) in [6.45, 7) is 4.03. The minimum Gasteiger partial charge on any atom is -0.385 e. The minimum atomic E-state index is -0.265. The highest BCUT2D eigenvalue weighted by molar-refractivity contribution is 5.95. The molecule has 0 fully saturated rings. The van der Waals surface area contributed by atoms with Crippen LogP contribution in [0.5, 0.6) is 0 Å². The Bertz CT molecular complexity index is 429. The molecule has 0 aliphatic heterocycles. The highest BCUT2D eigenvalue weighted by Gasteiger charge is 2.07. The van der Waals surface area contributed by atoms with E-state index >= 15 is 0 Å². The van der Waals surface area contributed by atoms with Gasteiger partial charge >= 0.3 is 6.03 Å². The molecule has 1 atom stereocenters. The molecule has 5 nitrogen and oxygen atoms in total. The lowest BCUT2D eigenvalue weighted by Gasteiger charge is -2.14. The zero-order chi connectivity index (χ0) is 14.3. The molecule has 1 unspecified atom stereocenters. The molecule has 19 heavy (non-hydrogen) atoms. The van der Waals surface area contributed by atoms with Gasteiger partial charge in [0, 0.05) is 31.0 Å². The second-order valence-electron chi connectivity index (χ2n) is 4.41. The molecule has 1 aromatic rings. The van der Waals surface area contributed by atoms with Gasteiger partial charge in [0.25, 0.3) is 0 Å². The number of carbonyl (C=O) groups is 2. The standard InChI is InChI=1S/C14H20N2O3/c1-10(8-9-19-3)15-14(18)16-13-6-4-12(5-7-13)11(2)17/h4-7,10H,8-9H2,1-3H3,(H2,15,16,18). The molecule has 0 aromatic heterocycles. The van der Waals surface area contributed by atoms with E-state index in [2.05, 4.69) is 10.6 Å². The predicted molar refractivity (Wildman–Crippen MR) is 74.6 cm³/mol. The quantitative estimate of drug-likeness (QED) is 0.775. The number of Topliss-reactive ketones (excluding diaryl/α,β-unsaturated/α-hetero) is 1. The van der Waals surface area contributed by atoms with Gasteiger partial charge in [0.1, 0.15) is 0 Å². The first-order chi connectivity index (χ1) is 9.02. The number of amides is 2. The van der Waals surface area contributed by atoms with Crippen molar-refractivity contribution in [2.24, 2.45) is 0 Å². The van der Waals surface area contributed by atoms with Crippen LogP contribution in [0, 0.1) is 0 Å². The van der Waals surface area contributed by atoms with E-state index in [9.17, 15) is 9.59 Å². The lowest BCUT2D eigenvalue weighted by molar-refractivity contribution is 0.101. The van der Waals surface area contributed by atoms with Gasteiger partial charge in [-0.15, -0.1) is 0 Å². The molecule has 1 rings (SSSR count). The van der Waals surface area contributed by atoms with Crippen LogP contribution in [-0.2, 0) is 4.74 Å². The Kier molecular flexibility index (Phi) is 6.02. The summed E-state index contributed by atoms with van der Waals surface area (Å²) in [5.74, 6) is 0.00388. The molecular weight excluding hydrogens is 244 g/mol. The maximum atomic E-state index is 11.7. The van der Waals surface area contributed by atoms with Gasteiger partial charge in [-0.25, -0.2) is 4.79 Å². The first kappa shape index (κ1) is 15.2. The monoisotopic (exact) mass is 264 g/mol. The smallest absolute Gasteiger partial charge is 0.319 e. The molecule has 2 N–H and O–H groups in total. The number of urea groups is 1. The van der Waals surface area contributed by atoms with Crippen molar-refractivity contribution in [3.05, 3.63) is 29.8 Å². The van der Waals surface area contributed by atoms with E-state index in [0.717, 1.165) is 6.42 Å². The number of rotatable bonds is 6. The number of hydrogen-bond donors (Lipinski definition) is 2. The van der Waals surface area contributed by atoms with Crippen LogP contribution in [0.15, 0.2) is 24.3 Å². The van der Waals surface area contributed by atoms with Crippen LogP contribution in [0.2, 0.25) is 0 Å². The Morgan fingerprint density at radius 2 is 1.89 bits per heavy atom. The van der Waals surface area contributed by atoms with Crippen molar-refractivity contribution in [2.75, 3.05) is 19.0 Å². The van der Waals surface area contributed by atoms with Crippen molar-refractivity contribution >= 4 is 17.5 Å². The third-order valence-corrected chi connectivity index (χ3v) is 2.68. The van der Waals surface area contributed by atoms with Gasteiger partial charge < -0.3 is 15.4 Å². The third-order valence-electron chi connectivity index (χ3n) is 2.68. The summed E-state index contributed by atoms with van der Waals surface area (Å²) in [4.78, 5) is 22.8. The van der Waals surface area contributed by atoms with E-state index in [1.54, 1.807) is 31.4 Å². The van der Waals surface area contributed by atoms with E-state index < -0.39 is 0 Å². The Hall–Kier alpha value is -1.88. The fourth-order valence-corrected chi connectivity index (χ4v) is 1.55. The molecule has 5 heteroatoms. The maximum absolute atomic E-state index is 11.7. The molecule has 0 radical (unpaired) electrons. The molecule has 0 saturated carbocycles. The summed E-state index contributed by atoms with van der Waals surface area (Å²) < 4.78 is 4.94. The highest BCUT2D eigenvalue weighted by Crippen LogP contribution is 2.09. The molecular formula is C14H20N2O3. The summed E-state index contributed by atoms with van der Waals surface area (Å²) in [6.07, 6.45) is 0.757. The van der Waals surface area contributed by atoms with Gasteiger partial charge in [-0.2, -0.15) is 0 Å². The third kappa shape index (κ3) is 5.52. The summed E-state index contributed by atoms with van der Waals surface area (Å²) >= 11 is 0. The Morgan fingerprint density at radius 1 is 1.26 bits per heavy atom. The number of methoxy groups -OCH3 is 1. The van der Waals surface area contributed by atoms with Crippen LogP contribution in [0.3, 0.4) is 0 Å². The summed E-state index contributed by atoms with van der Waals surface area (Å²) in [7, 11) is 1.63. The number of ether oxygens (including phenoxy) is 1. The Balaban J connectivity index is 2.45. The van der Waals surface area contributed by atoms with Crippen LogP contribution in [-0.4, -0.2) is 31.6 Å². The number of carbonyl (C=O) groups excluding carboxylic acids is 2.